The van der Waals surface area contributed by atoms with E-state index in [9.17, 15) is 0 Å². The molecule has 3 rings (SSSR count). The third kappa shape index (κ3) is 3.10. The van der Waals surface area contributed by atoms with Crippen molar-refractivity contribution in [2.75, 3.05) is 11.9 Å². The highest BCUT2D eigenvalue weighted by Crippen LogP contribution is 2.43. The molecule has 0 N–H and O–H groups in total. The Balaban J connectivity index is 1.97. The average Bonchev–Trinajstić information content (AvgIpc) is 2.52. The van der Waals surface area contributed by atoms with Crippen LogP contribution in [-0.4, -0.2) is 18.8 Å². The maximum absolute atomic E-state index is 4.66. The predicted molar refractivity (Wildman–Crippen MR) is 105 cm³/mol. The molecule has 0 fully saturated rings. The van der Waals surface area contributed by atoms with Gasteiger partial charge in [-0.2, -0.15) is 0 Å². The SMILES string of the molecule is Cc1ccc(N=Cc2cc3c(cc2C)N(C)C(C)(C)C[C@H]3C)cc1. The van der Waals surface area contributed by atoms with E-state index in [0.29, 0.717) is 5.92 Å². The fraction of sp³-hybridized carbons (Fsp3) is 0.409. The van der Waals surface area contributed by atoms with Crippen molar-refractivity contribution >= 4 is 17.6 Å². The molecule has 0 unspecified atom stereocenters. The molecule has 1 aliphatic rings. The lowest BCUT2D eigenvalue weighted by Crippen LogP contribution is -2.45. The summed E-state index contributed by atoms with van der Waals surface area (Å²) in [6, 6.07) is 13.0. The summed E-state index contributed by atoms with van der Waals surface area (Å²) in [7, 11) is 2.21. The third-order valence-electron chi connectivity index (χ3n) is 5.41. The van der Waals surface area contributed by atoms with Crippen molar-refractivity contribution < 1.29 is 0 Å². The molecule has 1 heterocycles. The Bertz CT molecular complexity index is 769. The molecule has 1 atom stereocenters. The minimum absolute atomic E-state index is 0.205. The summed E-state index contributed by atoms with van der Waals surface area (Å²) >= 11 is 0. The Kier molecular flexibility index (Phi) is 4.25. The predicted octanol–water partition coefficient (Wildman–Crippen LogP) is 5.78. The second kappa shape index (κ2) is 6.08. The molecule has 0 amide bonds. The molecule has 0 aliphatic carbocycles. The van der Waals surface area contributed by atoms with Gasteiger partial charge in [-0.3, -0.25) is 4.99 Å². The standard InChI is InChI=1S/C22H28N2/c1-15-7-9-19(10-8-15)23-14-18-12-20-17(3)13-22(4,5)24(6)21(20)11-16(18)2/h7-12,14,17H,13H2,1-6H3/t17-/m1/s1. The van der Waals surface area contributed by atoms with Crippen LogP contribution in [0, 0.1) is 13.8 Å². The van der Waals surface area contributed by atoms with Gasteiger partial charge in [0.15, 0.2) is 0 Å². The van der Waals surface area contributed by atoms with Gasteiger partial charge in [0.1, 0.15) is 0 Å². The van der Waals surface area contributed by atoms with Crippen LogP contribution in [0.5, 0.6) is 0 Å². The van der Waals surface area contributed by atoms with Crippen LogP contribution in [0.25, 0.3) is 0 Å². The second-order valence-corrected chi connectivity index (χ2v) is 7.84. The largest absolute Gasteiger partial charge is 0.369 e. The lowest BCUT2D eigenvalue weighted by Gasteiger charge is -2.45. The molecule has 0 saturated heterocycles. The zero-order valence-electron chi connectivity index (χ0n) is 15.7. The Hall–Kier alpha value is -2.09. The van der Waals surface area contributed by atoms with E-state index in [1.165, 1.54) is 34.4 Å². The first kappa shape index (κ1) is 16.8. The van der Waals surface area contributed by atoms with Crippen molar-refractivity contribution in [1.82, 2.24) is 0 Å². The van der Waals surface area contributed by atoms with Crippen molar-refractivity contribution in [3.8, 4) is 0 Å². The fourth-order valence-electron chi connectivity index (χ4n) is 3.65. The maximum atomic E-state index is 4.66. The number of hydrogen-bond acceptors (Lipinski definition) is 2. The molecule has 0 saturated carbocycles. The van der Waals surface area contributed by atoms with E-state index in [2.05, 4.69) is 88.0 Å². The minimum Gasteiger partial charge on any atom is -0.369 e. The highest BCUT2D eigenvalue weighted by Gasteiger charge is 2.34. The molecule has 1 aliphatic heterocycles. The second-order valence-electron chi connectivity index (χ2n) is 7.84. The smallest absolute Gasteiger partial charge is 0.0630 e. The Morgan fingerprint density at radius 2 is 1.79 bits per heavy atom. The molecular formula is C22H28N2. The summed E-state index contributed by atoms with van der Waals surface area (Å²) in [6.07, 6.45) is 3.18. The molecule has 24 heavy (non-hydrogen) atoms. The van der Waals surface area contributed by atoms with Crippen LogP contribution < -0.4 is 4.90 Å². The highest BCUT2D eigenvalue weighted by molar-refractivity contribution is 5.86. The van der Waals surface area contributed by atoms with Gasteiger partial charge in [0, 0.05) is 24.5 Å². The molecule has 2 aromatic carbocycles. The zero-order valence-corrected chi connectivity index (χ0v) is 15.7. The van der Waals surface area contributed by atoms with Gasteiger partial charge in [0.05, 0.1) is 5.69 Å². The van der Waals surface area contributed by atoms with E-state index in [-0.39, 0.29) is 5.54 Å². The molecule has 2 heteroatoms. The summed E-state index contributed by atoms with van der Waals surface area (Å²) in [6.45, 7) is 11.3. The number of fused-ring (bicyclic) bond motifs is 1. The number of nitrogens with zero attached hydrogens (tertiary/aromatic N) is 2. The number of aliphatic imine (C=N–C) groups is 1. The van der Waals surface area contributed by atoms with Crippen molar-refractivity contribution in [2.24, 2.45) is 4.99 Å². The molecule has 2 aromatic rings. The molecule has 0 radical (unpaired) electrons. The van der Waals surface area contributed by atoms with Crippen molar-refractivity contribution in [3.63, 3.8) is 0 Å². The molecule has 0 aromatic heterocycles. The van der Waals surface area contributed by atoms with E-state index in [0.717, 1.165) is 5.69 Å². The number of benzene rings is 2. The van der Waals surface area contributed by atoms with Crippen LogP contribution in [0.1, 0.15) is 55.4 Å². The lowest BCUT2D eigenvalue weighted by molar-refractivity contribution is 0.395. The van der Waals surface area contributed by atoms with Gasteiger partial charge in [-0.05, 0) is 81.0 Å². The van der Waals surface area contributed by atoms with Crippen LogP contribution in [0.4, 0.5) is 11.4 Å². The van der Waals surface area contributed by atoms with Crippen molar-refractivity contribution in [3.05, 3.63) is 58.7 Å². The van der Waals surface area contributed by atoms with Crippen LogP contribution in [0.3, 0.4) is 0 Å². The quantitative estimate of drug-likeness (QED) is 0.641. The van der Waals surface area contributed by atoms with E-state index in [1.807, 2.05) is 6.21 Å². The summed E-state index contributed by atoms with van der Waals surface area (Å²) < 4.78 is 0. The Morgan fingerprint density at radius 1 is 1.12 bits per heavy atom. The van der Waals surface area contributed by atoms with Gasteiger partial charge in [-0.25, -0.2) is 0 Å². The van der Waals surface area contributed by atoms with Gasteiger partial charge in [0.2, 0.25) is 0 Å². The van der Waals surface area contributed by atoms with E-state index < -0.39 is 0 Å². The fourth-order valence-corrected chi connectivity index (χ4v) is 3.65. The summed E-state index contributed by atoms with van der Waals surface area (Å²) in [5.74, 6) is 0.568. The first-order valence-electron chi connectivity index (χ1n) is 8.77. The molecule has 0 bridgehead atoms. The summed E-state index contributed by atoms with van der Waals surface area (Å²) in [5.41, 5.74) is 7.77. The Labute approximate surface area is 146 Å². The number of rotatable bonds is 2. The molecule has 2 nitrogen and oxygen atoms in total. The minimum atomic E-state index is 0.205. The topological polar surface area (TPSA) is 15.6 Å². The number of aryl methyl sites for hydroxylation is 2. The maximum Gasteiger partial charge on any atom is 0.0630 e. The van der Waals surface area contributed by atoms with Gasteiger partial charge in [-0.1, -0.05) is 24.6 Å². The monoisotopic (exact) mass is 320 g/mol. The van der Waals surface area contributed by atoms with Gasteiger partial charge in [-0.15, -0.1) is 0 Å². The lowest BCUT2D eigenvalue weighted by atomic mass is 9.79. The van der Waals surface area contributed by atoms with Crippen LogP contribution in [0.15, 0.2) is 41.4 Å². The van der Waals surface area contributed by atoms with Crippen LogP contribution in [-0.2, 0) is 0 Å². The molecule has 0 spiro atoms. The molecule has 126 valence electrons. The van der Waals surface area contributed by atoms with Gasteiger partial charge in [0.25, 0.3) is 0 Å². The first-order chi connectivity index (χ1) is 11.3. The van der Waals surface area contributed by atoms with E-state index in [1.54, 1.807) is 0 Å². The van der Waals surface area contributed by atoms with E-state index >= 15 is 0 Å². The summed E-state index contributed by atoms with van der Waals surface area (Å²) in [4.78, 5) is 7.09. The van der Waals surface area contributed by atoms with Crippen molar-refractivity contribution in [2.45, 2.75) is 52.5 Å². The third-order valence-corrected chi connectivity index (χ3v) is 5.41. The van der Waals surface area contributed by atoms with Crippen molar-refractivity contribution in [1.29, 1.82) is 0 Å². The normalized spacial score (nSPS) is 19.6. The first-order valence-corrected chi connectivity index (χ1v) is 8.77. The average molecular weight is 320 g/mol. The van der Waals surface area contributed by atoms with Crippen LogP contribution >= 0.6 is 0 Å². The van der Waals surface area contributed by atoms with Crippen LogP contribution in [0.2, 0.25) is 0 Å². The molecular weight excluding hydrogens is 292 g/mol. The van der Waals surface area contributed by atoms with Gasteiger partial charge >= 0.3 is 0 Å². The number of anilines is 1. The van der Waals surface area contributed by atoms with Gasteiger partial charge < -0.3 is 4.90 Å². The summed E-state index contributed by atoms with van der Waals surface area (Å²) in [5, 5.41) is 0. The van der Waals surface area contributed by atoms with E-state index in [4.69, 9.17) is 0 Å². The zero-order chi connectivity index (χ0) is 17.5. The number of hydrogen-bond donors (Lipinski definition) is 0. The highest BCUT2D eigenvalue weighted by atomic mass is 15.2. The Morgan fingerprint density at radius 3 is 2.46 bits per heavy atom.